The number of benzene rings is 2. The molecule has 0 atom stereocenters. The van der Waals surface area contributed by atoms with Crippen molar-refractivity contribution >= 4 is 21.6 Å². The number of nitrogens with zero attached hydrogens (tertiary/aromatic N) is 1. The predicted octanol–water partition coefficient (Wildman–Crippen LogP) is 4.21. The second kappa shape index (κ2) is 5.81. The summed E-state index contributed by atoms with van der Waals surface area (Å²) in [6.07, 6.45) is 0. The lowest BCUT2D eigenvalue weighted by atomic mass is 10.1. The fourth-order valence-corrected chi connectivity index (χ4v) is 1.94. The predicted molar refractivity (Wildman–Crippen MR) is 72.5 cm³/mol. The average molecular weight is 323 g/mol. The third-order valence-corrected chi connectivity index (χ3v) is 3.07. The van der Waals surface area contributed by atoms with Crippen LogP contribution in [0.3, 0.4) is 0 Å². The first-order valence-electron chi connectivity index (χ1n) is 5.47. The van der Waals surface area contributed by atoms with Gasteiger partial charge in [-0.15, -0.1) is 0 Å². The van der Waals surface area contributed by atoms with Crippen molar-refractivity contribution in [1.82, 2.24) is 0 Å². The summed E-state index contributed by atoms with van der Waals surface area (Å²) in [4.78, 5) is 0. The molecule has 0 spiro atoms. The van der Waals surface area contributed by atoms with E-state index in [1.807, 2.05) is 6.07 Å². The minimum atomic E-state index is -0.427. The summed E-state index contributed by atoms with van der Waals surface area (Å²) in [6, 6.07) is 10.6. The Kier molecular flexibility index (Phi) is 4.13. The fraction of sp³-hybridized carbons (Fsp3) is 0.0714. The molecule has 96 valence electrons. The van der Waals surface area contributed by atoms with E-state index in [1.54, 1.807) is 12.1 Å². The lowest BCUT2D eigenvalue weighted by Gasteiger charge is -2.09. The van der Waals surface area contributed by atoms with Gasteiger partial charge >= 0.3 is 0 Å². The molecule has 0 amide bonds. The largest absolute Gasteiger partial charge is 0.378 e. The molecule has 0 bridgehead atoms. The zero-order valence-electron chi connectivity index (χ0n) is 9.75. The molecule has 2 aromatic rings. The monoisotopic (exact) mass is 322 g/mol. The molecule has 0 aliphatic rings. The number of rotatable bonds is 3. The standard InChI is InChI=1S/C14H9BrF2N2/c15-11-2-4-14(13(17)6-11)19-8-10-5-9(7-18)1-3-12(10)16/h1-6,19H,8H2. The van der Waals surface area contributed by atoms with Crippen molar-refractivity contribution in [1.29, 1.82) is 5.26 Å². The van der Waals surface area contributed by atoms with Gasteiger partial charge in [-0.2, -0.15) is 5.26 Å². The molecule has 1 N–H and O–H groups in total. The van der Waals surface area contributed by atoms with Crippen LogP contribution in [0, 0.1) is 23.0 Å². The van der Waals surface area contributed by atoms with Crippen molar-refractivity contribution in [2.45, 2.75) is 6.54 Å². The summed E-state index contributed by atoms with van der Waals surface area (Å²) in [5.41, 5.74) is 0.973. The Bertz CT molecular complexity index is 650. The number of hydrogen-bond donors (Lipinski definition) is 1. The first kappa shape index (κ1) is 13.5. The smallest absolute Gasteiger partial charge is 0.147 e. The van der Waals surface area contributed by atoms with E-state index >= 15 is 0 Å². The molecule has 0 radical (unpaired) electrons. The molecule has 0 aliphatic heterocycles. The van der Waals surface area contributed by atoms with Gasteiger partial charge in [-0.3, -0.25) is 0 Å². The number of nitriles is 1. The van der Waals surface area contributed by atoms with Gasteiger partial charge < -0.3 is 5.32 Å². The maximum absolute atomic E-state index is 13.6. The third kappa shape index (κ3) is 3.30. The van der Waals surface area contributed by atoms with Gasteiger partial charge in [0.15, 0.2) is 0 Å². The Labute approximate surface area is 117 Å². The van der Waals surface area contributed by atoms with E-state index in [0.717, 1.165) is 0 Å². The molecule has 0 unspecified atom stereocenters. The number of nitrogens with one attached hydrogen (secondary N) is 1. The lowest BCUT2D eigenvalue weighted by Crippen LogP contribution is -2.03. The van der Waals surface area contributed by atoms with E-state index < -0.39 is 11.6 Å². The van der Waals surface area contributed by atoms with E-state index in [1.165, 1.54) is 24.3 Å². The minimum Gasteiger partial charge on any atom is -0.378 e. The van der Waals surface area contributed by atoms with Crippen molar-refractivity contribution in [3.05, 3.63) is 63.6 Å². The second-order valence-electron chi connectivity index (χ2n) is 3.90. The summed E-state index contributed by atoms with van der Waals surface area (Å²) in [7, 11) is 0. The normalized spacial score (nSPS) is 10.0. The highest BCUT2D eigenvalue weighted by Gasteiger charge is 2.06. The molecule has 0 saturated heterocycles. The van der Waals surface area contributed by atoms with Crippen LogP contribution in [0.5, 0.6) is 0 Å². The Balaban J connectivity index is 2.16. The molecule has 0 saturated carbocycles. The highest BCUT2D eigenvalue weighted by molar-refractivity contribution is 9.10. The Morgan fingerprint density at radius 2 is 1.89 bits per heavy atom. The molecule has 0 heterocycles. The highest BCUT2D eigenvalue weighted by atomic mass is 79.9. The van der Waals surface area contributed by atoms with E-state index in [-0.39, 0.29) is 12.2 Å². The summed E-state index contributed by atoms with van der Waals surface area (Å²) in [6.45, 7) is 0.111. The van der Waals surface area contributed by atoms with Crippen LogP contribution >= 0.6 is 15.9 Å². The molecular formula is C14H9BrF2N2. The summed E-state index contributed by atoms with van der Waals surface area (Å²) in [5, 5.41) is 11.6. The summed E-state index contributed by atoms with van der Waals surface area (Å²) in [5.74, 6) is -0.852. The summed E-state index contributed by atoms with van der Waals surface area (Å²) < 4.78 is 27.7. The van der Waals surface area contributed by atoms with Crippen LogP contribution in [0.25, 0.3) is 0 Å². The van der Waals surface area contributed by atoms with Crippen LogP contribution in [0.15, 0.2) is 40.9 Å². The van der Waals surface area contributed by atoms with Gasteiger partial charge in [-0.05, 0) is 36.4 Å². The highest BCUT2D eigenvalue weighted by Crippen LogP contribution is 2.20. The average Bonchev–Trinajstić information content (AvgIpc) is 2.39. The molecule has 2 rings (SSSR count). The zero-order chi connectivity index (χ0) is 13.8. The number of halogens is 3. The molecule has 19 heavy (non-hydrogen) atoms. The quantitative estimate of drug-likeness (QED) is 0.918. The van der Waals surface area contributed by atoms with Gasteiger partial charge in [-0.1, -0.05) is 15.9 Å². The minimum absolute atomic E-state index is 0.111. The molecule has 2 aromatic carbocycles. The second-order valence-corrected chi connectivity index (χ2v) is 4.81. The maximum atomic E-state index is 13.6. The molecule has 2 nitrogen and oxygen atoms in total. The third-order valence-electron chi connectivity index (χ3n) is 2.58. The van der Waals surface area contributed by atoms with Crippen LogP contribution in [0.1, 0.15) is 11.1 Å². The van der Waals surface area contributed by atoms with Gasteiger partial charge in [-0.25, -0.2) is 8.78 Å². The Hall–Kier alpha value is -1.93. The lowest BCUT2D eigenvalue weighted by molar-refractivity contribution is 0.610. The molecule has 0 aliphatic carbocycles. The maximum Gasteiger partial charge on any atom is 0.147 e. The summed E-state index contributed by atoms with van der Waals surface area (Å²) >= 11 is 3.16. The zero-order valence-corrected chi connectivity index (χ0v) is 11.3. The first-order chi connectivity index (χ1) is 9.10. The number of hydrogen-bond acceptors (Lipinski definition) is 2. The van der Waals surface area contributed by atoms with Crippen molar-refractivity contribution in [2.75, 3.05) is 5.32 Å². The van der Waals surface area contributed by atoms with Crippen LogP contribution < -0.4 is 5.32 Å². The van der Waals surface area contributed by atoms with Gasteiger partial charge in [0, 0.05) is 16.6 Å². The first-order valence-corrected chi connectivity index (χ1v) is 6.27. The Morgan fingerprint density at radius 3 is 2.58 bits per heavy atom. The van der Waals surface area contributed by atoms with Crippen LogP contribution in [0.2, 0.25) is 0 Å². The van der Waals surface area contributed by atoms with E-state index in [9.17, 15) is 8.78 Å². The van der Waals surface area contributed by atoms with Crippen LogP contribution in [0.4, 0.5) is 14.5 Å². The van der Waals surface area contributed by atoms with Crippen molar-refractivity contribution in [3.63, 3.8) is 0 Å². The van der Waals surface area contributed by atoms with Crippen molar-refractivity contribution < 1.29 is 8.78 Å². The van der Waals surface area contributed by atoms with Crippen LogP contribution in [-0.4, -0.2) is 0 Å². The molecule has 5 heteroatoms. The molecule has 0 aromatic heterocycles. The van der Waals surface area contributed by atoms with Gasteiger partial charge in [0.05, 0.1) is 17.3 Å². The van der Waals surface area contributed by atoms with Gasteiger partial charge in [0.25, 0.3) is 0 Å². The van der Waals surface area contributed by atoms with Crippen LogP contribution in [-0.2, 0) is 6.54 Å². The van der Waals surface area contributed by atoms with E-state index in [0.29, 0.717) is 15.6 Å². The van der Waals surface area contributed by atoms with Gasteiger partial charge in [0.1, 0.15) is 11.6 Å². The van der Waals surface area contributed by atoms with Gasteiger partial charge in [0.2, 0.25) is 0 Å². The van der Waals surface area contributed by atoms with E-state index in [4.69, 9.17) is 5.26 Å². The number of anilines is 1. The fourth-order valence-electron chi connectivity index (χ4n) is 1.60. The molecule has 0 fully saturated rings. The SMILES string of the molecule is N#Cc1ccc(F)c(CNc2ccc(Br)cc2F)c1. The topological polar surface area (TPSA) is 35.8 Å². The van der Waals surface area contributed by atoms with E-state index in [2.05, 4.69) is 21.2 Å². The van der Waals surface area contributed by atoms with Crippen molar-refractivity contribution in [2.24, 2.45) is 0 Å². The molecular weight excluding hydrogens is 314 g/mol. The van der Waals surface area contributed by atoms with Crippen molar-refractivity contribution in [3.8, 4) is 6.07 Å². The Morgan fingerprint density at radius 1 is 1.11 bits per heavy atom.